The Balaban J connectivity index is 3.17. The van der Waals surface area contributed by atoms with E-state index in [0.717, 1.165) is 0 Å². The summed E-state index contributed by atoms with van der Waals surface area (Å²) in [6.07, 6.45) is 1.39. The number of methoxy groups -OCH3 is 2. The quantitative estimate of drug-likeness (QED) is 0.468. The number of hydrogen-bond acceptors (Lipinski definition) is 4. The van der Waals surface area contributed by atoms with Crippen LogP contribution in [0.5, 0.6) is 11.5 Å². The summed E-state index contributed by atoms with van der Waals surface area (Å²) < 4.78 is 10.2. The second-order valence-corrected chi connectivity index (χ2v) is 3.40. The molecule has 0 aliphatic heterocycles. The second-order valence-electron chi connectivity index (χ2n) is 3.06. The number of halogens is 1. The van der Waals surface area contributed by atoms with Gasteiger partial charge in [0.1, 0.15) is 11.6 Å². The standard InChI is InChI=1S/C12H10ClNO3/c1-16-10-4-3-8(6-11(10)17-2)5-9(7-14)12(13)15/h3-6H,1-2H3. The third-order valence-corrected chi connectivity index (χ3v) is 2.25. The Morgan fingerprint density at radius 1 is 1.35 bits per heavy atom. The summed E-state index contributed by atoms with van der Waals surface area (Å²) in [4.78, 5) is 10.9. The fourth-order valence-electron chi connectivity index (χ4n) is 1.24. The van der Waals surface area contributed by atoms with Crippen molar-refractivity contribution in [3.63, 3.8) is 0 Å². The van der Waals surface area contributed by atoms with Crippen LogP contribution < -0.4 is 9.47 Å². The molecule has 0 saturated heterocycles. The normalized spacial score (nSPS) is 10.6. The van der Waals surface area contributed by atoms with E-state index in [0.29, 0.717) is 17.1 Å². The zero-order chi connectivity index (χ0) is 12.8. The molecule has 0 atom stereocenters. The van der Waals surface area contributed by atoms with Gasteiger partial charge in [0.05, 0.1) is 14.2 Å². The summed E-state index contributed by atoms with van der Waals surface area (Å²) in [6.45, 7) is 0. The summed E-state index contributed by atoms with van der Waals surface area (Å²) in [7, 11) is 3.03. The zero-order valence-electron chi connectivity index (χ0n) is 9.36. The molecule has 17 heavy (non-hydrogen) atoms. The Labute approximate surface area is 104 Å². The van der Waals surface area contributed by atoms with Crippen molar-refractivity contribution in [2.45, 2.75) is 0 Å². The number of carbonyl (C=O) groups is 1. The highest BCUT2D eigenvalue weighted by Crippen LogP contribution is 2.28. The van der Waals surface area contributed by atoms with E-state index in [-0.39, 0.29) is 5.57 Å². The van der Waals surface area contributed by atoms with Gasteiger partial charge >= 0.3 is 0 Å². The molecule has 0 spiro atoms. The predicted molar refractivity (Wildman–Crippen MR) is 64.0 cm³/mol. The highest BCUT2D eigenvalue weighted by molar-refractivity contribution is 6.68. The summed E-state index contributed by atoms with van der Waals surface area (Å²) in [5.41, 5.74) is 0.507. The molecule has 4 nitrogen and oxygen atoms in total. The van der Waals surface area contributed by atoms with Crippen LogP contribution in [-0.2, 0) is 4.79 Å². The molecule has 1 aromatic carbocycles. The van der Waals surface area contributed by atoms with Gasteiger partial charge in [0.25, 0.3) is 5.24 Å². The van der Waals surface area contributed by atoms with E-state index in [9.17, 15) is 4.79 Å². The predicted octanol–water partition coefficient (Wildman–Crippen LogP) is 2.38. The third-order valence-electron chi connectivity index (χ3n) is 2.05. The highest BCUT2D eigenvalue weighted by atomic mass is 35.5. The van der Waals surface area contributed by atoms with E-state index in [4.69, 9.17) is 26.3 Å². The maximum Gasteiger partial charge on any atom is 0.262 e. The van der Waals surface area contributed by atoms with E-state index in [1.807, 2.05) is 0 Å². The molecular weight excluding hydrogens is 242 g/mol. The molecule has 0 heterocycles. The van der Waals surface area contributed by atoms with Crippen molar-refractivity contribution in [1.29, 1.82) is 5.26 Å². The molecule has 0 aromatic heterocycles. The van der Waals surface area contributed by atoms with E-state index in [2.05, 4.69) is 0 Å². The molecule has 0 unspecified atom stereocenters. The number of allylic oxidation sites excluding steroid dienone is 1. The molecule has 0 saturated carbocycles. The van der Waals surface area contributed by atoms with Crippen molar-refractivity contribution in [2.75, 3.05) is 14.2 Å². The van der Waals surface area contributed by atoms with Gasteiger partial charge in [0, 0.05) is 0 Å². The molecule has 1 aromatic rings. The molecule has 0 radical (unpaired) electrons. The molecule has 0 aliphatic rings. The lowest BCUT2D eigenvalue weighted by Crippen LogP contribution is -1.92. The van der Waals surface area contributed by atoms with Gasteiger partial charge in [0.2, 0.25) is 0 Å². The van der Waals surface area contributed by atoms with Crippen LogP contribution in [0.1, 0.15) is 5.56 Å². The first-order valence-corrected chi connectivity index (χ1v) is 5.03. The summed E-state index contributed by atoms with van der Waals surface area (Å²) >= 11 is 5.24. The molecule has 0 fully saturated rings. The van der Waals surface area contributed by atoms with Crippen molar-refractivity contribution in [2.24, 2.45) is 0 Å². The summed E-state index contributed by atoms with van der Waals surface area (Å²) in [5.74, 6) is 1.08. The molecule has 5 heteroatoms. The fraction of sp³-hybridized carbons (Fsp3) is 0.167. The molecule has 1 rings (SSSR count). The Morgan fingerprint density at radius 3 is 2.47 bits per heavy atom. The van der Waals surface area contributed by atoms with Crippen LogP contribution in [0.15, 0.2) is 23.8 Å². The summed E-state index contributed by atoms with van der Waals surface area (Å²) in [6, 6.07) is 6.74. The van der Waals surface area contributed by atoms with Gasteiger partial charge < -0.3 is 9.47 Å². The Hall–Kier alpha value is -1.99. The van der Waals surface area contributed by atoms with E-state index in [1.54, 1.807) is 24.3 Å². The molecular formula is C12H10ClNO3. The van der Waals surface area contributed by atoms with Crippen molar-refractivity contribution in [1.82, 2.24) is 0 Å². The first kappa shape index (κ1) is 13.1. The maximum atomic E-state index is 10.9. The highest BCUT2D eigenvalue weighted by Gasteiger charge is 2.07. The minimum Gasteiger partial charge on any atom is -0.493 e. The van der Waals surface area contributed by atoms with Gasteiger partial charge in [-0.25, -0.2) is 0 Å². The van der Waals surface area contributed by atoms with Crippen molar-refractivity contribution >= 4 is 22.9 Å². The van der Waals surface area contributed by atoms with Gasteiger partial charge in [-0.2, -0.15) is 5.26 Å². The first-order valence-electron chi connectivity index (χ1n) is 4.66. The lowest BCUT2D eigenvalue weighted by Gasteiger charge is -2.07. The number of benzene rings is 1. The number of rotatable bonds is 4. The van der Waals surface area contributed by atoms with Crippen LogP contribution in [0.3, 0.4) is 0 Å². The van der Waals surface area contributed by atoms with Crippen molar-refractivity contribution < 1.29 is 14.3 Å². The first-order chi connectivity index (χ1) is 8.12. The van der Waals surface area contributed by atoms with E-state index >= 15 is 0 Å². The van der Waals surface area contributed by atoms with E-state index < -0.39 is 5.24 Å². The Morgan fingerprint density at radius 2 is 2.00 bits per heavy atom. The minimum atomic E-state index is -0.790. The Kier molecular flexibility index (Phi) is 4.56. The second kappa shape index (κ2) is 5.92. The van der Waals surface area contributed by atoms with Crippen molar-refractivity contribution in [3.8, 4) is 17.6 Å². The Bertz CT molecular complexity index is 503. The van der Waals surface area contributed by atoms with Gasteiger partial charge in [-0.3, -0.25) is 4.79 Å². The smallest absolute Gasteiger partial charge is 0.262 e. The minimum absolute atomic E-state index is 0.126. The number of nitrogens with zero attached hydrogens (tertiary/aromatic N) is 1. The number of nitriles is 1. The molecule has 0 aliphatic carbocycles. The lowest BCUT2D eigenvalue weighted by atomic mass is 10.1. The van der Waals surface area contributed by atoms with E-state index in [1.165, 1.54) is 20.3 Å². The number of ether oxygens (including phenoxy) is 2. The van der Waals surface area contributed by atoms with Gasteiger partial charge in [-0.05, 0) is 35.4 Å². The van der Waals surface area contributed by atoms with Crippen LogP contribution in [-0.4, -0.2) is 19.5 Å². The molecule has 0 N–H and O–H groups in total. The average molecular weight is 252 g/mol. The van der Waals surface area contributed by atoms with Crippen molar-refractivity contribution in [3.05, 3.63) is 29.3 Å². The van der Waals surface area contributed by atoms with Crippen LogP contribution in [0.25, 0.3) is 6.08 Å². The molecule has 0 amide bonds. The van der Waals surface area contributed by atoms with Crippen LogP contribution in [0.2, 0.25) is 0 Å². The third kappa shape index (κ3) is 3.23. The van der Waals surface area contributed by atoms with Crippen LogP contribution in [0, 0.1) is 11.3 Å². The van der Waals surface area contributed by atoms with Gasteiger partial charge in [-0.15, -0.1) is 0 Å². The number of hydrogen-bond donors (Lipinski definition) is 0. The average Bonchev–Trinajstić information content (AvgIpc) is 2.35. The lowest BCUT2D eigenvalue weighted by molar-refractivity contribution is -0.108. The number of carbonyl (C=O) groups excluding carboxylic acids is 1. The zero-order valence-corrected chi connectivity index (χ0v) is 10.1. The fourth-order valence-corrected chi connectivity index (χ4v) is 1.34. The molecule has 88 valence electrons. The maximum absolute atomic E-state index is 10.9. The van der Waals surface area contributed by atoms with Gasteiger partial charge in [0.15, 0.2) is 11.5 Å². The van der Waals surface area contributed by atoms with Crippen LogP contribution in [0.4, 0.5) is 0 Å². The largest absolute Gasteiger partial charge is 0.493 e. The monoisotopic (exact) mass is 251 g/mol. The van der Waals surface area contributed by atoms with Crippen LogP contribution >= 0.6 is 11.6 Å². The molecule has 0 bridgehead atoms. The topological polar surface area (TPSA) is 59.3 Å². The SMILES string of the molecule is COc1ccc(C=C(C#N)C(=O)Cl)cc1OC. The summed E-state index contributed by atoms with van der Waals surface area (Å²) in [5, 5.41) is 7.92. The van der Waals surface area contributed by atoms with Gasteiger partial charge in [-0.1, -0.05) is 6.07 Å².